The van der Waals surface area contributed by atoms with Crippen molar-refractivity contribution in [3.63, 3.8) is 0 Å². The molecule has 2 aliphatic carbocycles. The maximum absolute atomic E-state index is 10.5. The molecule has 5 heteroatoms. The summed E-state index contributed by atoms with van der Waals surface area (Å²) >= 11 is 0. The molecule has 18 aromatic rings. The molecule has 0 fully saturated rings. The summed E-state index contributed by atoms with van der Waals surface area (Å²) in [7, 11) is 0. The molecule has 0 aliphatic heterocycles. The molecule has 0 bridgehead atoms. The van der Waals surface area contributed by atoms with Crippen molar-refractivity contribution in [3.05, 3.63) is 330 Å². The summed E-state index contributed by atoms with van der Waals surface area (Å²) in [5.41, 5.74) is 10.3. The first-order chi connectivity index (χ1) is 48.4. The summed E-state index contributed by atoms with van der Waals surface area (Å²) in [6.45, 7) is 13.0. The summed E-state index contributed by atoms with van der Waals surface area (Å²) in [5.74, 6) is 2.37. The van der Waals surface area contributed by atoms with Crippen molar-refractivity contribution in [2.45, 2.75) is 79.1 Å². The van der Waals surface area contributed by atoms with E-state index in [0.29, 0.717) is 29.1 Å². The highest BCUT2D eigenvalue weighted by Gasteiger charge is 2.16. The van der Waals surface area contributed by atoms with Gasteiger partial charge in [-0.25, -0.2) is 0 Å². The standard InChI is InChI=1S/3C16H10O.C13H14.C11H8O.C11H14.C9H8O.C2H6/c3*17-14-9-7-12-5-4-10-2-1-3-11-6-8-13(14)16(12)15(10)11;1-10(2)12-8-7-11-5-3-4-6-13(11)9-12;12-8-9-5-6-10-3-1-2-4-11(10)7-9;1-8(2)10-5-3-9-4-6-11(9)7-10;10-6-7-1-2-8-3-4-9(8)5-7;1-2/h3*1-9,17H;3-10H,1-2H3;1-8H;3,5,7-8H,4,6H2,1-2H3;1-2,5-6H,3-4H2;1-2H3. The third-order valence-corrected chi connectivity index (χ3v) is 19.5. The predicted molar refractivity (Wildman–Crippen MR) is 421 cm³/mol. The molecule has 0 atom stereocenters. The van der Waals surface area contributed by atoms with E-state index in [2.05, 4.69) is 198 Å². The second kappa shape index (κ2) is 29.4. The quantitative estimate of drug-likeness (QED) is 0.121. The largest absolute Gasteiger partial charge is 0.507 e. The van der Waals surface area contributed by atoms with Crippen LogP contribution in [0.4, 0.5) is 0 Å². The van der Waals surface area contributed by atoms with E-state index in [1.165, 1.54) is 138 Å². The van der Waals surface area contributed by atoms with E-state index < -0.39 is 0 Å². The Balaban J connectivity index is 0.000000104. The van der Waals surface area contributed by atoms with Gasteiger partial charge in [-0.2, -0.15) is 0 Å². The lowest BCUT2D eigenvalue weighted by molar-refractivity contribution is 0.111. The van der Waals surface area contributed by atoms with Crippen LogP contribution in [0.25, 0.3) is 118 Å². The first-order valence-corrected chi connectivity index (χ1v) is 34.6. The Bertz CT molecular complexity index is 5480. The number of phenols is 3. The monoisotopic (exact) mass is 1290 g/mol. The minimum atomic E-state index is 0.357. The number of phenolic OH excluding ortho intramolecular Hbond substituents is 3. The van der Waals surface area contributed by atoms with Gasteiger partial charge in [0.1, 0.15) is 29.8 Å². The molecule has 99 heavy (non-hydrogen) atoms. The molecule has 0 heterocycles. The highest BCUT2D eigenvalue weighted by molar-refractivity contribution is 6.26. The van der Waals surface area contributed by atoms with Crippen LogP contribution in [0.5, 0.6) is 17.2 Å². The minimum Gasteiger partial charge on any atom is -0.507 e. The van der Waals surface area contributed by atoms with Gasteiger partial charge in [-0.05, 0) is 187 Å². The van der Waals surface area contributed by atoms with Crippen LogP contribution >= 0.6 is 0 Å². The number of aromatic hydroxyl groups is 3. The van der Waals surface area contributed by atoms with Crippen LogP contribution in [0, 0.1) is 0 Å². The van der Waals surface area contributed by atoms with E-state index in [0.717, 1.165) is 51.7 Å². The van der Waals surface area contributed by atoms with Gasteiger partial charge < -0.3 is 15.3 Å². The number of hydrogen-bond donors (Lipinski definition) is 3. The van der Waals surface area contributed by atoms with Crippen LogP contribution in [-0.4, -0.2) is 27.9 Å². The van der Waals surface area contributed by atoms with E-state index in [9.17, 15) is 24.9 Å². The highest BCUT2D eigenvalue weighted by atomic mass is 16.3. The van der Waals surface area contributed by atoms with Crippen molar-refractivity contribution in [3.8, 4) is 17.2 Å². The molecule has 0 unspecified atom stereocenters. The molecular formula is C94H80O5. The summed E-state index contributed by atoms with van der Waals surface area (Å²) in [6.07, 6.45) is 6.71. The van der Waals surface area contributed by atoms with Crippen LogP contribution in [0.1, 0.15) is 107 Å². The molecule has 486 valence electrons. The van der Waals surface area contributed by atoms with Crippen LogP contribution < -0.4 is 0 Å². The third-order valence-electron chi connectivity index (χ3n) is 19.5. The molecule has 5 nitrogen and oxygen atoms in total. The average Bonchev–Trinajstić information content (AvgIpc) is 0.758. The number of benzene rings is 18. The minimum absolute atomic E-state index is 0.357. The molecule has 0 amide bonds. The van der Waals surface area contributed by atoms with Crippen molar-refractivity contribution in [1.29, 1.82) is 0 Å². The van der Waals surface area contributed by atoms with Gasteiger partial charge in [-0.15, -0.1) is 0 Å². The van der Waals surface area contributed by atoms with Gasteiger partial charge in [0.05, 0.1) is 0 Å². The van der Waals surface area contributed by atoms with Gasteiger partial charge in [0.2, 0.25) is 0 Å². The van der Waals surface area contributed by atoms with Crippen molar-refractivity contribution >= 4 is 131 Å². The molecule has 0 spiro atoms. The van der Waals surface area contributed by atoms with E-state index in [1.807, 2.05) is 111 Å². The summed E-state index contributed by atoms with van der Waals surface area (Å²) in [6, 6.07) is 96.8. The molecule has 20 rings (SSSR count). The first-order valence-electron chi connectivity index (χ1n) is 34.6. The first kappa shape index (κ1) is 66.0. The topological polar surface area (TPSA) is 94.8 Å². The van der Waals surface area contributed by atoms with Gasteiger partial charge in [0, 0.05) is 43.4 Å². The molecule has 0 saturated heterocycles. The van der Waals surface area contributed by atoms with Gasteiger partial charge >= 0.3 is 0 Å². The fraction of sp³-hybridized carbons (Fsp3) is 0.128. The second-order valence-corrected chi connectivity index (χ2v) is 26.1. The molecule has 0 aromatic heterocycles. The Labute approximate surface area is 578 Å². The Hall–Kier alpha value is -11.7. The summed E-state index contributed by atoms with van der Waals surface area (Å²) < 4.78 is 0. The zero-order chi connectivity index (χ0) is 68.7. The lowest BCUT2D eigenvalue weighted by atomic mass is 9.85. The number of rotatable bonds is 4. The maximum atomic E-state index is 10.5. The average molecular weight is 1290 g/mol. The number of aryl methyl sites for hydroxylation is 4. The normalized spacial score (nSPS) is 11.8. The zero-order valence-corrected chi connectivity index (χ0v) is 56.9. The number of carbonyl (C=O) groups is 2. The lowest BCUT2D eigenvalue weighted by Gasteiger charge is -2.20. The van der Waals surface area contributed by atoms with Crippen LogP contribution in [0.2, 0.25) is 0 Å². The van der Waals surface area contributed by atoms with Crippen molar-refractivity contribution < 1.29 is 24.9 Å². The maximum Gasteiger partial charge on any atom is 0.150 e. The summed E-state index contributed by atoms with van der Waals surface area (Å²) in [4.78, 5) is 20.7. The van der Waals surface area contributed by atoms with Gasteiger partial charge in [0.15, 0.2) is 0 Å². The molecular weight excluding hydrogens is 1210 g/mol. The predicted octanol–water partition coefficient (Wildman–Crippen LogP) is 25.0. The lowest BCUT2D eigenvalue weighted by Crippen LogP contribution is -2.08. The van der Waals surface area contributed by atoms with E-state index in [4.69, 9.17) is 0 Å². The molecule has 2 aliphatic rings. The number of aldehydes is 2. The SMILES string of the molecule is CC.CC(C)c1ccc2c(c1)CC2.CC(C)c1ccc2ccccc2c1.O=Cc1ccc2c(c1)CC2.O=Cc1ccc2ccccc2c1.Oc1ccc2ccc3cccc4ccc1c2c34.Oc1ccc2ccc3cccc4ccc1c2c34.Oc1ccc2ccc3cccc4ccc1c2c34. The van der Waals surface area contributed by atoms with Crippen LogP contribution in [0.3, 0.4) is 0 Å². The smallest absolute Gasteiger partial charge is 0.150 e. The Kier molecular flexibility index (Phi) is 19.6. The van der Waals surface area contributed by atoms with Crippen molar-refractivity contribution in [2.75, 3.05) is 0 Å². The highest BCUT2D eigenvalue weighted by Crippen LogP contribution is 2.41. The van der Waals surface area contributed by atoms with Crippen LogP contribution in [-0.2, 0) is 25.7 Å². The fourth-order valence-electron chi connectivity index (χ4n) is 13.9. The summed E-state index contributed by atoms with van der Waals surface area (Å²) in [5, 5.41) is 55.8. The second-order valence-electron chi connectivity index (χ2n) is 26.1. The van der Waals surface area contributed by atoms with E-state index >= 15 is 0 Å². The van der Waals surface area contributed by atoms with Crippen molar-refractivity contribution in [1.82, 2.24) is 0 Å². The Morgan fingerprint density at radius 3 is 0.889 bits per heavy atom. The fourth-order valence-corrected chi connectivity index (χ4v) is 13.9. The van der Waals surface area contributed by atoms with E-state index in [1.54, 1.807) is 29.3 Å². The van der Waals surface area contributed by atoms with Gasteiger partial charge in [-0.1, -0.05) is 296 Å². The molecule has 18 aromatic carbocycles. The molecule has 0 saturated carbocycles. The molecule has 3 N–H and O–H groups in total. The number of carbonyl (C=O) groups excluding carboxylic acids is 2. The van der Waals surface area contributed by atoms with Gasteiger partial charge in [-0.3, -0.25) is 9.59 Å². The molecule has 0 radical (unpaired) electrons. The van der Waals surface area contributed by atoms with Gasteiger partial charge in [0.25, 0.3) is 0 Å². The third kappa shape index (κ3) is 13.8. The number of hydrogen-bond acceptors (Lipinski definition) is 5. The number of fused-ring (bicyclic) bond motifs is 4. The Morgan fingerprint density at radius 2 is 0.525 bits per heavy atom. The zero-order valence-electron chi connectivity index (χ0n) is 56.9. The van der Waals surface area contributed by atoms with Crippen LogP contribution in [0.15, 0.2) is 285 Å². The Morgan fingerprint density at radius 1 is 0.253 bits per heavy atom. The van der Waals surface area contributed by atoms with E-state index in [-0.39, 0.29) is 0 Å². The van der Waals surface area contributed by atoms with Crippen molar-refractivity contribution in [2.24, 2.45) is 0 Å².